The molecule has 0 aromatic heterocycles. The maximum atomic E-state index is 11.1. The van der Waals surface area contributed by atoms with Crippen molar-refractivity contribution in [2.24, 2.45) is 4.99 Å². The molecule has 0 spiro atoms. The number of ether oxygens (including phenoxy) is 1. The first-order valence-corrected chi connectivity index (χ1v) is 10.3. The Kier molecular flexibility index (Phi) is 7.96. The SMILES string of the molecule is CSC[C@H](Cc1ccc(O)c(S(=O)[O-])c1)N=CCOc1ccccc1O. The van der Waals surface area contributed by atoms with Crippen LogP contribution in [0, 0.1) is 0 Å². The van der Waals surface area contributed by atoms with E-state index in [2.05, 4.69) is 4.99 Å². The molecule has 1 unspecified atom stereocenters. The predicted molar refractivity (Wildman–Crippen MR) is 103 cm³/mol. The summed E-state index contributed by atoms with van der Waals surface area (Å²) in [4.78, 5) is 4.37. The molecule has 2 aromatic carbocycles. The monoisotopic (exact) mass is 394 g/mol. The molecule has 8 heteroatoms. The van der Waals surface area contributed by atoms with Crippen molar-refractivity contribution in [3.63, 3.8) is 0 Å². The molecule has 140 valence electrons. The van der Waals surface area contributed by atoms with Crippen molar-refractivity contribution in [2.75, 3.05) is 18.6 Å². The Morgan fingerprint density at radius 2 is 2.04 bits per heavy atom. The first kappa shape index (κ1) is 20.3. The number of phenols is 2. The Bertz CT molecular complexity index is 782. The van der Waals surface area contributed by atoms with Crippen molar-refractivity contribution in [3.05, 3.63) is 48.0 Å². The summed E-state index contributed by atoms with van der Waals surface area (Å²) >= 11 is -0.853. The van der Waals surface area contributed by atoms with Gasteiger partial charge in [-0.15, -0.1) is 0 Å². The zero-order chi connectivity index (χ0) is 18.9. The molecule has 0 saturated heterocycles. The zero-order valence-electron chi connectivity index (χ0n) is 14.2. The fourth-order valence-electron chi connectivity index (χ4n) is 2.34. The van der Waals surface area contributed by atoms with Crippen LogP contribution in [0.1, 0.15) is 5.56 Å². The van der Waals surface area contributed by atoms with Gasteiger partial charge in [-0.05, 0) is 53.6 Å². The molecule has 26 heavy (non-hydrogen) atoms. The van der Waals surface area contributed by atoms with Crippen LogP contribution in [0.4, 0.5) is 0 Å². The average Bonchev–Trinajstić information content (AvgIpc) is 2.61. The highest BCUT2D eigenvalue weighted by Gasteiger charge is 2.10. The van der Waals surface area contributed by atoms with Gasteiger partial charge in [0.05, 0.1) is 10.9 Å². The van der Waals surface area contributed by atoms with Crippen LogP contribution in [0.3, 0.4) is 0 Å². The van der Waals surface area contributed by atoms with Crippen molar-refractivity contribution >= 4 is 29.1 Å². The Morgan fingerprint density at radius 1 is 1.27 bits per heavy atom. The molecule has 0 heterocycles. The maximum Gasteiger partial charge on any atom is 0.161 e. The molecule has 0 radical (unpaired) electrons. The lowest BCUT2D eigenvalue weighted by atomic mass is 10.1. The number of aliphatic imine (C=N–C) groups is 1. The Hall–Kier alpha value is -2.03. The standard InChI is InChI=1S/C18H21NO5S2/c1-25-12-14(10-13-6-7-16(21)18(11-13)26(22)23)19-8-9-24-17-5-3-2-4-15(17)20/h2-8,11,14,20-21H,9-10,12H2,1H3,(H,22,23)/p-1/t14-/m0/s1. The van der Waals surface area contributed by atoms with E-state index in [4.69, 9.17) is 4.74 Å². The maximum absolute atomic E-state index is 11.1. The third kappa shape index (κ3) is 6.05. The summed E-state index contributed by atoms with van der Waals surface area (Å²) in [6.45, 7) is 0.216. The molecule has 0 aliphatic heterocycles. The summed E-state index contributed by atoms with van der Waals surface area (Å²) in [5, 5.41) is 19.2. The van der Waals surface area contributed by atoms with Gasteiger partial charge >= 0.3 is 0 Å². The molecular formula is C18H20NO5S2-. The summed E-state index contributed by atoms with van der Waals surface area (Å²) in [6, 6.07) is 11.2. The number of rotatable bonds is 9. The quantitative estimate of drug-likeness (QED) is 0.501. The van der Waals surface area contributed by atoms with Gasteiger partial charge in [-0.25, -0.2) is 0 Å². The minimum Gasteiger partial charge on any atom is -0.768 e. The fourth-order valence-corrected chi connectivity index (χ4v) is 3.41. The number of aromatic hydroxyl groups is 2. The van der Waals surface area contributed by atoms with Crippen LogP contribution in [-0.2, 0) is 17.5 Å². The van der Waals surface area contributed by atoms with Crippen LogP contribution in [0.25, 0.3) is 0 Å². The Balaban J connectivity index is 1.99. The van der Waals surface area contributed by atoms with Crippen molar-refractivity contribution < 1.29 is 23.7 Å². The van der Waals surface area contributed by atoms with Crippen molar-refractivity contribution in [1.82, 2.24) is 0 Å². The summed E-state index contributed by atoms with van der Waals surface area (Å²) < 4.78 is 27.7. The lowest BCUT2D eigenvalue weighted by Gasteiger charge is -2.14. The average molecular weight is 394 g/mol. The minimum absolute atomic E-state index is 0.0598. The van der Waals surface area contributed by atoms with Gasteiger partial charge in [-0.1, -0.05) is 18.2 Å². The van der Waals surface area contributed by atoms with Gasteiger partial charge in [0, 0.05) is 12.0 Å². The largest absolute Gasteiger partial charge is 0.768 e. The van der Waals surface area contributed by atoms with Gasteiger partial charge in [-0.2, -0.15) is 11.8 Å². The van der Waals surface area contributed by atoms with Crippen LogP contribution in [0.2, 0.25) is 0 Å². The van der Waals surface area contributed by atoms with Crippen LogP contribution in [0.5, 0.6) is 17.2 Å². The first-order chi connectivity index (χ1) is 12.5. The number of hydrogen-bond acceptors (Lipinski definition) is 7. The third-order valence-corrected chi connectivity index (χ3v) is 4.93. The molecule has 2 rings (SSSR count). The molecule has 2 atom stereocenters. The highest BCUT2D eigenvalue weighted by Crippen LogP contribution is 2.24. The van der Waals surface area contributed by atoms with Crippen LogP contribution >= 0.6 is 11.8 Å². The molecule has 2 N–H and O–H groups in total. The van der Waals surface area contributed by atoms with E-state index in [1.54, 1.807) is 48.3 Å². The van der Waals surface area contributed by atoms with Gasteiger partial charge in [0.2, 0.25) is 0 Å². The number of benzene rings is 2. The number of phenolic OH excluding ortho intramolecular Hbond substituents is 2. The molecule has 0 bridgehead atoms. The highest BCUT2D eigenvalue weighted by molar-refractivity contribution is 7.98. The van der Waals surface area contributed by atoms with Crippen LogP contribution < -0.4 is 4.74 Å². The number of hydrogen-bond donors (Lipinski definition) is 2. The number of nitrogens with zero attached hydrogens (tertiary/aromatic N) is 1. The second kappa shape index (κ2) is 10.2. The van der Waals surface area contributed by atoms with Gasteiger partial charge in [-0.3, -0.25) is 9.20 Å². The summed E-state index contributed by atoms with van der Waals surface area (Å²) in [5.41, 5.74) is 0.778. The zero-order valence-corrected chi connectivity index (χ0v) is 15.8. The van der Waals surface area contributed by atoms with Gasteiger partial charge in [0.25, 0.3) is 0 Å². The van der Waals surface area contributed by atoms with Crippen LogP contribution in [-0.4, -0.2) is 49.8 Å². The predicted octanol–water partition coefficient (Wildman–Crippen LogP) is 2.76. The van der Waals surface area contributed by atoms with E-state index in [1.165, 1.54) is 12.1 Å². The van der Waals surface area contributed by atoms with Gasteiger partial charge in [0.1, 0.15) is 12.4 Å². The lowest BCUT2D eigenvalue weighted by Crippen LogP contribution is -2.14. The minimum atomic E-state index is -2.49. The highest BCUT2D eigenvalue weighted by atomic mass is 32.2. The van der Waals surface area contributed by atoms with E-state index in [0.29, 0.717) is 12.2 Å². The van der Waals surface area contributed by atoms with E-state index in [-0.39, 0.29) is 29.0 Å². The van der Waals surface area contributed by atoms with E-state index >= 15 is 0 Å². The molecule has 0 fully saturated rings. The molecule has 6 nitrogen and oxygen atoms in total. The lowest BCUT2D eigenvalue weighted by molar-refractivity contribution is 0.349. The first-order valence-electron chi connectivity index (χ1n) is 7.83. The van der Waals surface area contributed by atoms with Gasteiger partial charge in [0.15, 0.2) is 11.5 Å². The summed E-state index contributed by atoms with van der Waals surface area (Å²) in [5.74, 6) is 0.956. The second-order valence-electron chi connectivity index (χ2n) is 5.46. The van der Waals surface area contributed by atoms with E-state index in [9.17, 15) is 19.0 Å². The molecule has 0 aliphatic rings. The second-order valence-corrected chi connectivity index (χ2v) is 7.28. The topological polar surface area (TPSA) is 102 Å². The molecule has 0 amide bonds. The summed E-state index contributed by atoms with van der Waals surface area (Å²) in [7, 11) is 0. The molecule has 0 aliphatic carbocycles. The van der Waals surface area contributed by atoms with E-state index in [0.717, 1.165) is 11.3 Å². The van der Waals surface area contributed by atoms with Crippen LogP contribution in [0.15, 0.2) is 52.4 Å². The fraction of sp³-hybridized carbons (Fsp3) is 0.278. The van der Waals surface area contributed by atoms with Crippen molar-refractivity contribution in [1.29, 1.82) is 0 Å². The van der Waals surface area contributed by atoms with Crippen molar-refractivity contribution in [3.8, 4) is 17.2 Å². The summed E-state index contributed by atoms with van der Waals surface area (Å²) in [6.07, 6.45) is 4.15. The molecule has 0 saturated carbocycles. The normalized spacial score (nSPS) is 13.6. The van der Waals surface area contributed by atoms with Crippen molar-refractivity contribution in [2.45, 2.75) is 17.4 Å². The number of para-hydroxylation sites is 2. The third-order valence-electron chi connectivity index (χ3n) is 3.53. The van der Waals surface area contributed by atoms with E-state index in [1.807, 2.05) is 6.26 Å². The Labute approximate surface area is 159 Å². The number of thioether (sulfide) groups is 1. The molecule has 2 aromatic rings. The van der Waals surface area contributed by atoms with E-state index < -0.39 is 11.1 Å². The van der Waals surface area contributed by atoms with Gasteiger partial charge < -0.3 is 19.5 Å². The Morgan fingerprint density at radius 3 is 2.73 bits per heavy atom. The molecular weight excluding hydrogens is 374 g/mol. The smallest absolute Gasteiger partial charge is 0.161 e.